The first-order valence-electron chi connectivity index (χ1n) is 9.94. The molecule has 4 atom stereocenters. The average Bonchev–Trinajstić information content (AvgIpc) is 3.09. The van der Waals surface area contributed by atoms with Crippen molar-refractivity contribution in [2.75, 3.05) is 13.9 Å². The first kappa shape index (κ1) is 20.3. The number of alkyl halides is 2. The van der Waals surface area contributed by atoms with Crippen LogP contribution in [-0.2, 0) is 9.59 Å². The van der Waals surface area contributed by atoms with Crippen LogP contribution in [0.5, 0.6) is 23.0 Å². The number of halogens is 2. The van der Waals surface area contributed by atoms with E-state index in [4.69, 9.17) is 18.9 Å². The van der Waals surface area contributed by atoms with Crippen LogP contribution in [0, 0.1) is 5.92 Å². The lowest BCUT2D eigenvalue weighted by Gasteiger charge is -2.31. The van der Waals surface area contributed by atoms with Crippen molar-refractivity contribution in [3.8, 4) is 23.0 Å². The number of nitrogens with one attached hydrogen (secondary N) is 1. The number of carboxylic acids is 1. The molecule has 0 aromatic heterocycles. The third-order valence-electron chi connectivity index (χ3n) is 6.00. The van der Waals surface area contributed by atoms with Crippen molar-refractivity contribution in [2.45, 2.75) is 30.4 Å². The molecule has 3 aliphatic rings. The van der Waals surface area contributed by atoms with E-state index in [0.29, 0.717) is 22.8 Å². The Labute approximate surface area is 181 Å². The van der Waals surface area contributed by atoms with Crippen molar-refractivity contribution in [2.24, 2.45) is 5.92 Å². The van der Waals surface area contributed by atoms with E-state index in [1.54, 1.807) is 18.2 Å². The molecule has 0 radical (unpaired) electrons. The molecule has 0 bridgehead atoms. The maximum absolute atomic E-state index is 14.6. The second kappa shape index (κ2) is 7.25. The van der Waals surface area contributed by atoms with Crippen molar-refractivity contribution < 1.29 is 42.4 Å². The van der Waals surface area contributed by atoms with Crippen LogP contribution >= 0.6 is 0 Å². The molecule has 1 aliphatic carbocycles. The van der Waals surface area contributed by atoms with E-state index in [1.165, 1.54) is 25.3 Å². The number of amides is 1. The van der Waals surface area contributed by atoms with Crippen LogP contribution in [0.4, 0.5) is 8.78 Å². The minimum Gasteiger partial charge on any atom is -0.497 e. The summed E-state index contributed by atoms with van der Waals surface area (Å²) in [5, 5.41) is 12.0. The maximum Gasteiger partial charge on any atom is 0.344 e. The van der Waals surface area contributed by atoms with Gasteiger partial charge in [-0.25, -0.2) is 13.6 Å². The van der Waals surface area contributed by atoms with E-state index in [2.05, 4.69) is 5.32 Å². The number of hydrogen-bond acceptors (Lipinski definition) is 6. The highest BCUT2D eigenvalue weighted by Crippen LogP contribution is 2.62. The number of fused-ring (bicyclic) bond motifs is 2. The van der Waals surface area contributed by atoms with Crippen molar-refractivity contribution in [1.29, 1.82) is 0 Å². The van der Waals surface area contributed by atoms with Gasteiger partial charge in [-0.15, -0.1) is 0 Å². The number of rotatable bonds is 5. The monoisotopic (exact) mass is 447 g/mol. The van der Waals surface area contributed by atoms with Crippen LogP contribution in [0.1, 0.15) is 29.5 Å². The largest absolute Gasteiger partial charge is 0.497 e. The Balaban J connectivity index is 1.38. The van der Waals surface area contributed by atoms with E-state index in [0.717, 1.165) is 0 Å². The van der Waals surface area contributed by atoms with Gasteiger partial charge in [-0.05, 0) is 29.8 Å². The first-order valence-corrected chi connectivity index (χ1v) is 9.94. The number of ether oxygens (including phenoxy) is 4. The van der Waals surface area contributed by atoms with Gasteiger partial charge in [-0.2, -0.15) is 0 Å². The SMILES string of the molecule is COc1ccc2c(c1)O[C@@H](C(=O)O)C[C@H]2NC(=O)C1C(c2ccc3c(c2)OCO3)C1(F)F. The Morgan fingerprint density at radius 3 is 2.66 bits per heavy atom. The third kappa shape index (κ3) is 3.26. The van der Waals surface area contributed by atoms with Crippen molar-refractivity contribution in [3.05, 3.63) is 47.5 Å². The fourth-order valence-electron chi connectivity index (χ4n) is 4.30. The molecule has 2 aliphatic heterocycles. The van der Waals surface area contributed by atoms with Gasteiger partial charge in [-0.3, -0.25) is 4.79 Å². The summed E-state index contributed by atoms with van der Waals surface area (Å²) in [5.41, 5.74) is 0.778. The summed E-state index contributed by atoms with van der Waals surface area (Å²) < 4.78 is 50.3. The average molecular weight is 447 g/mol. The Kier molecular flexibility index (Phi) is 4.61. The maximum atomic E-state index is 14.6. The van der Waals surface area contributed by atoms with Crippen molar-refractivity contribution in [1.82, 2.24) is 5.32 Å². The van der Waals surface area contributed by atoms with Crippen LogP contribution in [0.3, 0.4) is 0 Å². The van der Waals surface area contributed by atoms with Crippen LogP contribution in [0.2, 0.25) is 0 Å². The van der Waals surface area contributed by atoms with Crippen LogP contribution in [-0.4, -0.2) is 42.9 Å². The zero-order chi connectivity index (χ0) is 22.6. The molecule has 8 nitrogen and oxygen atoms in total. The molecule has 1 saturated carbocycles. The minimum atomic E-state index is -3.24. The molecule has 2 unspecified atom stereocenters. The van der Waals surface area contributed by atoms with Gasteiger partial charge < -0.3 is 29.4 Å². The highest BCUT2D eigenvalue weighted by atomic mass is 19.3. The molecule has 10 heteroatoms. The molecule has 0 saturated heterocycles. The Morgan fingerprint density at radius 2 is 1.91 bits per heavy atom. The fraction of sp³-hybridized carbons (Fsp3) is 0.364. The lowest BCUT2D eigenvalue weighted by Crippen LogP contribution is -2.40. The molecular weight excluding hydrogens is 428 g/mol. The molecule has 1 amide bonds. The number of carboxylic acid groups (broad SMARTS) is 1. The summed E-state index contributed by atoms with van der Waals surface area (Å²) in [7, 11) is 1.45. The Morgan fingerprint density at radius 1 is 1.12 bits per heavy atom. The Hall–Kier alpha value is -3.56. The number of benzene rings is 2. The van der Waals surface area contributed by atoms with Gasteiger partial charge in [-0.1, -0.05) is 6.07 Å². The van der Waals surface area contributed by atoms with E-state index in [1.807, 2.05) is 0 Å². The van der Waals surface area contributed by atoms with Gasteiger partial charge in [0.2, 0.25) is 12.7 Å². The molecule has 0 spiro atoms. The van der Waals surface area contributed by atoms with E-state index < -0.39 is 41.8 Å². The highest BCUT2D eigenvalue weighted by molar-refractivity contribution is 5.86. The third-order valence-corrected chi connectivity index (χ3v) is 6.00. The minimum absolute atomic E-state index is 0.0163. The van der Waals surface area contributed by atoms with Gasteiger partial charge in [0.05, 0.1) is 19.1 Å². The van der Waals surface area contributed by atoms with Gasteiger partial charge in [0.25, 0.3) is 5.92 Å². The first-order chi connectivity index (χ1) is 15.3. The molecule has 168 valence electrons. The van der Waals surface area contributed by atoms with Gasteiger partial charge in [0.15, 0.2) is 17.6 Å². The molecule has 2 aromatic carbocycles. The lowest BCUT2D eigenvalue weighted by atomic mass is 9.95. The van der Waals surface area contributed by atoms with Gasteiger partial charge >= 0.3 is 5.97 Å². The second-order valence-electron chi connectivity index (χ2n) is 7.89. The fourth-order valence-corrected chi connectivity index (χ4v) is 4.30. The quantitative estimate of drug-likeness (QED) is 0.727. The summed E-state index contributed by atoms with van der Waals surface area (Å²) in [6, 6.07) is 8.46. The summed E-state index contributed by atoms with van der Waals surface area (Å²) >= 11 is 0. The van der Waals surface area contributed by atoms with Crippen LogP contribution in [0.15, 0.2) is 36.4 Å². The van der Waals surface area contributed by atoms with Crippen LogP contribution in [0.25, 0.3) is 0 Å². The molecule has 5 rings (SSSR count). The lowest BCUT2D eigenvalue weighted by molar-refractivity contribution is -0.146. The zero-order valence-electron chi connectivity index (χ0n) is 16.8. The molecule has 2 N–H and O–H groups in total. The summed E-state index contributed by atoms with van der Waals surface area (Å²) in [6.07, 6.45) is -1.32. The molecule has 1 fully saturated rings. The smallest absolute Gasteiger partial charge is 0.344 e. The Bertz CT molecular complexity index is 1110. The van der Waals surface area contributed by atoms with Gasteiger partial charge in [0, 0.05) is 18.1 Å². The predicted molar refractivity (Wildman–Crippen MR) is 104 cm³/mol. The topological polar surface area (TPSA) is 103 Å². The van der Waals surface area contributed by atoms with Gasteiger partial charge in [0.1, 0.15) is 17.4 Å². The van der Waals surface area contributed by atoms with Crippen molar-refractivity contribution in [3.63, 3.8) is 0 Å². The normalized spacial score (nSPS) is 26.5. The number of carbonyl (C=O) groups excluding carboxylic acids is 1. The number of methoxy groups -OCH3 is 1. The molecular formula is C22H19F2NO7. The second-order valence-corrected chi connectivity index (χ2v) is 7.89. The molecule has 2 aromatic rings. The van der Waals surface area contributed by atoms with E-state index in [9.17, 15) is 23.5 Å². The zero-order valence-corrected chi connectivity index (χ0v) is 16.8. The highest BCUT2D eigenvalue weighted by Gasteiger charge is 2.72. The summed E-state index contributed by atoms with van der Waals surface area (Å²) in [5.74, 6) is -6.69. The predicted octanol–water partition coefficient (Wildman–Crippen LogP) is 2.87. The van der Waals surface area contributed by atoms with Crippen LogP contribution < -0.4 is 24.3 Å². The summed E-state index contributed by atoms with van der Waals surface area (Å²) in [6.45, 7) is 0.0163. The van der Waals surface area contributed by atoms with E-state index >= 15 is 0 Å². The number of hydrogen-bond donors (Lipinski definition) is 2. The number of aliphatic carboxylic acids is 1. The van der Waals surface area contributed by atoms with Crippen molar-refractivity contribution >= 4 is 11.9 Å². The van der Waals surface area contributed by atoms with E-state index in [-0.39, 0.29) is 24.5 Å². The molecule has 32 heavy (non-hydrogen) atoms. The summed E-state index contributed by atoms with van der Waals surface area (Å²) in [4.78, 5) is 24.4. The standard InChI is InChI=1S/C22H19F2NO7/c1-29-11-3-4-12-13(8-17(21(27)28)32-15(12)7-11)25-20(26)19-18(22(19,23)24)10-2-5-14-16(6-10)31-9-30-14/h2-7,13,17-19H,8-9H2,1H3,(H,25,26)(H,27,28)/t13-,17-,18?,19?/m1/s1. The number of carbonyl (C=O) groups is 2. The molecule has 2 heterocycles.